The van der Waals surface area contributed by atoms with Gasteiger partial charge in [-0.25, -0.2) is 0 Å². The van der Waals surface area contributed by atoms with Gasteiger partial charge < -0.3 is 0 Å². The van der Waals surface area contributed by atoms with Crippen molar-refractivity contribution in [3.05, 3.63) is 49.5 Å². The lowest BCUT2D eigenvalue weighted by Gasteiger charge is -2.19. The minimum Gasteiger partial charge on any atom is -0.297 e. The molecule has 0 aliphatic heterocycles. The van der Waals surface area contributed by atoms with E-state index >= 15 is 0 Å². The molecular weight excluding hydrogens is 282 g/mol. The highest BCUT2D eigenvalue weighted by molar-refractivity contribution is 7.11. The Balaban J connectivity index is 2.52. The molecule has 2 rings (SSSR count). The third-order valence-corrected chi connectivity index (χ3v) is 4.23. The van der Waals surface area contributed by atoms with E-state index < -0.39 is 0 Å². The van der Waals surface area contributed by atoms with Gasteiger partial charge in [0.2, 0.25) is 0 Å². The lowest BCUT2D eigenvalue weighted by molar-refractivity contribution is 0.112. The van der Waals surface area contributed by atoms with Crippen molar-refractivity contribution in [3.63, 3.8) is 0 Å². The zero-order valence-electron chi connectivity index (χ0n) is 10.9. The molecule has 19 heavy (non-hydrogen) atoms. The van der Waals surface area contributed by atoms with E-state index in [2.05, 4.69) is 20.8 Å². The molecule has 0 N–H and O–H groups in total. The summed E-state index contributed by atoms with van der Waals surface area (Å²) in [4.78, 5) is 22.6. The van der Waals surface area contributed by atoms with Gasteiger partial charge in [-0.2, -0.15) is 0 Å². The minimum absolute atomic E-state index is 0.0515. The molecule has 0 saturated heterocycles. The molecule has 0 aliphatic rings. The van der Waals surface area contributed by atoms with Crippen LogP contribution >= 0.6 is 22.9 Å². The molecule has 0 bridgehead atoms. The molecule has 0 unspecified atom stereocenters. The van der Waals surface area contributed by atoms with Gasteiger partial charge in [-0.3, -0.25) is 14.2 Å². The number of aldehydes is 1. The van der Waals surface area contributed by atoms with Crippen LogP contribution in [0.1, 0.15) is 36.0 Å². The fourth-order valence-electron chi connectivity index (χ4n) is 1.77. The first kappa shape index (κ1) is 14.0. The minimum atomic E-state index is -0.254. The van der Waals surface area contributed by atoms with Crippen molar-refractivity contribution in [1.82, 2.24) is 4.57 Å². The number of aromatic nitrogens is 1. The van der Waals surface area contributed by atoms with Crippen LogP contribution in [0.25, 0.3) is 5.69 Å². The van der Waals surface area contributed by atoms with Gasteiger partial charge >= 0.3 is 4.87 Å². The van der Waals surface area contributed by atoms with Gasteiger partial charge in [0.1, 0.15) is 10.0 Å². The van der Waals surface area contributed by atoms with E-state index in [1.54, 1.807) is 0 Å². The first-order valence-corrected chi connectivity index (χ1v) is 7.01. The number of hydrogen-bond acceptors (Lipinski definition) is 3. The summed E-state index contributed by atoms with van der Waals surface area (Å²) >= 11 is 6.89. The fourth-order valence-corrected chi connectivity index (χ4v) is 2.86. The van der Waals surface area contributed by atoms with Crippen LogP contribution in [0, 0.1) is 0 Å². The smallest absolute Gasteiger partial charge is 0.297 e. The highest BCUT2D eigenvalue weighted by Crippen LogP contribution is 2.25. The maximum absolute atomic E-state index is 11.8. The van der Waals surface area contributed by atoms with Gasteiger partial charge in [-0.05, 0) is 23.1 Å². The summed E-state index contributed by atoms with van der Waals surface area (Å²) in [6.07, 6.45) is 0.606. The SMILES string of the molecule is CC(C)(C)c1ccc(-n2c(Cl)c(C=O)sc2=O)cc1. The molecule has 0 saturated carbocycles. The molecule has 1 aromatic heterocycles. The average molecular weight is 296 g/mol. The number of thiazole rings is 1. The van der Waals surface area contributed by atoms with Crippen LogP contribution in [-0.2, 0) is 5.41 Å². The fraction of sp³-hybridized carbons (Fsp3) is 0.286. The Morgan fingerprint density at radius 1 is 1.21 bits per heavy atom. The average Bonchev–Trinajstić information content (AvgIpc) is 2.63. The molecule has 0 fully saturated rings. The lowest BCUT2D eigenvalue weighted by Crippen LogP contribution is -2.13. The van der Waals surface area contributed by atoms with Gasteiger partial charge in [0.15, 0.2) is 6.29 Å². The summed E-state index contributed by atoms with van der Waals surface area (Å²) in [5.41, 5.74) is 1.90. The molecule has 0 radical (unpaired) electrons. The van der Waals surface area contributed by atoms with Crippen LogP contribution in [-0.4, -0.2) is 10.9 Å². The molecule has 5 heteroatoms. The molecule has 1 aromatic carbocycles. The van der Waals surface area contributed by atoms with Crippen LogP contribution in [0.3, 0.4) is 0 Å². The molecule has 2 aromatic rings. The van der Waals surface area contributed by atoms with E-state index in [1.807, 2.05) is 24.3 Å². The van der Waals surface area contributed by atoms with Gasteiger partial charge in [0.25, 0.3) is 0 Å². The Morgan fingerprint density at radius 2 is 1.79 bits per heavy atom. The predicted octanol–water partition coefficient (Wildman–Crippen LogP) is 3.66. The van der Waals surface area contributed by atoms with Crippen molar-refractivity contribution in [1.29, 1.82) is 0 Å². The summed E-state index contributed by atoms with van der Waals surface area (Å²) in [5, 5.41) is 0.175. The van der Waals surface area contributed by atoms with Gasteiger partial charge in [0, 0.05) is 0 Å². The number of hydrogen-bond donors (Lipinski definition) is 0. The number of nitrogens with zero attached hydrogens (tertiary/aromatic N) is 1. The van der Waals surface area contributed by atoms with E-state index in [-0.39, 0.29) is 20.3 Å². The Morgan fingerprint density at radius 3 is 2.21 bits per heavy atom. The molecular formula is C14H14ClNO2S. The summed E-state index contributed by atoms with van der Waals surface area (Å²) in [6.45, 7) is 6.36. The Bertz CT molecular complexity index is 662. The zero-order chi connectivity index (χ0) is 14.2. The number of carbonyl (C=O) groups is 1. The molecule has 100 valence electrons. The van der Waals surface area contributed by atoms with E-state index in [1.165, 1.54) is 10.1 Å². The van der Waals surface area contributed by atoms with Crippen LogP contribution in [0.4, 0.5) is 0 Å². The predicted molar refractivity (Wildman–Crippen MR) is 79.0 cm³/mol. The second-order valence-corrected chi connectivity index (χ2v) is 6.62. The second-order valence-electron chi connectivity index (χ2n) is 5.27. The lowest BCUT2D eigenvalue weighted by atomic mass is 9.87. The summed E-state index contributed by atoms with van der Waals surface area (Å²) in [7, 11) is 0. The van der Waals surface area contributed by atoms with Gasteiger partial charge in [-0.15, -0.1) is 0 Å². The summed E-state index contributed by atoms with van der Waals surface area (Å²) in [5.74, 6) is 0. The van der Waals surface area contributed by atoms with Gasteiger partial charge in [-0.1, -0.05) is 55.8 Å². The first-order chi connectivity index (χ1) is 8.84. The number of carbonyl (C=O) groups excluding carboxylic acids is 1. The Labute approximate surface area is 120 Å². The van der Waals surface area contributed by atoms with Crippen molar-refractivity contribution >= 4 is 29.2 Å². The highest BCUT2D eigenvalue weighted by atomic mass is 35.5. The van der Waals surface area contributed by atoms with Crippen molar-refractivity contribution in [2.45, 2.75) is 26.2 Å². The number of rotatable bonds is 2. The second kappa shape index (κ2) is 4.94. The normalized spacial score (nSPS) is 11.6. The molecule has 0 spiro atoms. The quantitative estimate of drug-likeness (QED) is 0.793. The summed E-state index contributed by atoms with van der Waals surface area (Å²) in [6, 6.07) is 7.62. The van der Waals surface area contributed by atoms with E-state index in [4.69, 9.17) is 11.6 Å². The van der Waals surface area contributed by atoms with Crippen molar-refractivity contribution in [3.8, 4) is 5.69 Å². The largest absolute Gasteiger partial charge is 0.313 e. The molecule has 3 nitrogen and oxygen atoms in total. The molecule has 0 aliphatic carbocycles. The molecule has 0 atom stereocenters. The van der Waals surface area contributed by atoms with Crippen LogP contribution < -0.4 is 4.87 Å². The van der Waals surface area contributed by atoms with E-state index in [0.717, 1.165) is 11.3 Å². The standard InChI is InChI=1S/C14H14ClNO2S/c1-14(2,3)9-4-6-10(7-5-9)16-12(15)11(8-17)19-13(16)18/h4-8H,1-3H3. The van der Waals surface area contributed by atoms with Crippen molar-refractivity contribution in [2.24, 2.45) is 0 Å². The van der Waals surface area contributed by atoms with E-state index in [0.29, 0.717) is 12.0 Å². The Kier molecular flexibility index (Phi) is 3.65. The van der Waals surface area contributed by atoms with Crippen molar-refractivity contribution in [2.75, 3.05) is 0 Å². The maximum Gasteiger partial charge on any atom is 0.313 e. The van der Waals surface area contributed by atoms with Crippen LogP contribution in [0.5, 0.6) is 0 Å². The van der Waals surface area contributed by atoms with Crippen LogP contribution in [0.15, 0.2) is 29.1 Å². The maximum atomic E-state index is 11.8. The molecule has 1 heterocycles. The Hall–Kier alpha value is -1.39. The number of benzene rings is 1. The monoisotopic (exact) mass is 295 g/mol. The molecule has 0 amide bonds. The van der Waals surface area contributed by atoms with Crippen LogP contribution in [0.2, 0.25) is 5.15 Å². The first-order valence-electron chi connectivity index (χ1n) is 5.82. The third-order valence-electron chi connectivity index (χ3n) is 2.88. The number of halogens is 1. The van der Waals surface area contributed by atoms with Gasteiger partial charge in [0.05, 0.1) is 5.69 Å². The summed E-state index contributed by atoms with van der Waals surface area (Å²) < 4.78 is 1.35. The topological polar surface area (TPSA) is 39.1 Å². The van der Waals surface area contributed by atoms with Crippen molar-refractivity contribution < 1.29 is 4.79 Å². The third kappa shape index (κ3) is 2.65. The zero-order valence-corrected chi connectivity index (χ0v) is 12.5. The van der Waals surface area contributed by atoms with E-state index in [9.17, 15) is 9.59 Å². The highest BCUT2D eigenvalue weighted by Gasteiger charge is 2.16.